The summed E-state index contributed by atoms with van der Waals surface area (Å²) in [6.07, 6.45) is 7.11. The summed E-state index contributed by atoms with van der Waals surface area (Å²) >= 11 is 0. The summed E-state index contributed by atoms with van der Waals surface area (Å²) in [7, 11) is 3.18. The van der Waals surface area contributed by atoms with Gasteiger partial charge in [-0.25, -0.2) is 0 Å². The number of nitrogens with zero attached hydrogens (tertiary/aromatic N) is 2. The lowest BCUT2D eigenvalue weighted by Gasteiger charge is -2.55. The first-order valence-corrected chi connectivity index (χ1v) is 10.4. The Morgan fingerprint density at radius 1 is 1.10 bits per heavy atom. The van der Waals surface area contributed by atoms with E-state index in [0.29, 0.717) is 23.2 Å². The molecule has 4 aliphatic carbocycles. The number of carbonyl (C=O) groups is 1. The van der Waals surface area contributed by atoms with Gasteiger partial charge in [0.1, 0.15) is 0 Å². The fourth-order valence-corrected chi connectivity index (χ4v) is 6.15. The first-order chi connectivity index (χ1) is 14.1. The zero-order valence-electron chi connectivity index (χ0n) is 16.9. The molecule has 4 bridgehead atoms. The normalized spacial score (nSPS) is 29.7. The molecule has 0 atom stereocenters. The van der Waals surface area contributed by atoms with Crippen molar-refractivity contribution in [1.29, 1.82) is 0 Å². The molecule has 1 amide bonds. The molecule has 4 aliphatic rings. The molecule has 1 N–H and O–H groups in total. The second-order valence-corrected chi connectivity index (χ2v) is 8.96. The van der Waals surface area contributed by atoms with E-state index in [1.165, 1.54) is 19.3 Å². The zero-order chi connectivity index (χ0) is 20.0. The number of benzene rings is 1. The Kier molecular flexibility index (Phi) is 4.48. The fraction of sp³-hybridized carbons (Fsp3) is 0.591. The summed E-state index contributed by atoms with van der Waals surface area (Å²) in [6.45, 7) is 0.265. The van der Waals surface area contributed by atoms with Gasteiger partial charge in [-0.15, -0.1) is 0 Å². The summed E-state index contributed by atoms with van der Waals surface area (Å²) in [5.74, 6) is 4.51. The Morgan fingerprint density at radius 3 is 2.38 bits per heavy atom. The molecule has 6 rings (SSSR count). The van der Waals surface area contributed by atoms with Gasteiger partial charge >= 0.3 is 0 Å². The van der Waals surface area contributed by atoms with Gasteiger partial charge < -0.3 is 19.3 Å². The van der Waals surface area contributed by atoms with E-state index in [1.54, 1.807) is 20.3 Å². The maximum atomic E-state index is 13.1. The lowest BCUT2D eigenvalue weighted by molar-refractivity contribution is -0.146. The molecule has 4 fully saturated rings. The minimum atomic E-state index is -0.166. The Hall–Kier alpha value is -2.57. The van der Waals surface area contributed by atoms with Crippen molar-refractivity contribution in [3.8, 4) is 22.9 Å². The van der Waals surface area contributed by atoms with Crippen molar-refractivity contribution in [2.75, 3.05) is 14.2 Å². The van der Waals surface area contributed by atoms with Crippen LogP contribution in [0.25, 0.3) is 11.4 Å². The monoisotopic (exact) mass is 397 g/mol. The van der Waals surface area contributed by atoms with Crippen LogP contribution in [0.3, 0.4) is 0 Å². The average molecular weight is 397 g/mol. The topological polar surface area (TPSA) is 86.5 Å². The van der Waals surface area contributed by atoms with Gasteiger partial charge in [-0.3, -0.25) is 4.79 Å². The van der Waals surface area contributed by atoms with Crippen molar-refractivity contribution in [3.63, 3.8) is 0 Å². The Balaban J connectivity index is 1.26. The molecule has 0 aliphatic heterocycles. The van der Waals surface area contributed by atoms with Crippen molar-refractivity contribution in [2.45, 2.75) is 45.1 Å². The maximum Gasteiger partial charge on any atom is 0.246 e. The van der Waals surface area contributed by atoms with Crippen molar-refractivity contribution < 1.29 is 18.8 Å². The summed E-state index contributed by atoms with van der Waals surface area (Å²) in [5, 5.41) is 7.14. The van der Waals surface area contributed by atoms with Crippen molar-refractivity contribution in [1.82, 2.24) is 15.5 Å². The zero-order valence-corrected chi connectivity index (χ0v) is 16.9. The quantitative estimate of drug-likeness (QED) is 0.802. The van der Waals surface area contributed by atoms with Crippen LogP contribution >= 0.6 is 0 Å². The molecule has 0 radical (unpaired) electrons. The molecule has 1 aromatic carbocycles. The Bertz CT molecular complexity index is 887. The van der Waals surface area contributed by atoms with Crippen LogP contribution in [-0.4, -0.2) is 30.3 Å². The highest BCUT2D eigenvalue weighted by Gasteiger charge is 2.54. The van der Waals surface area contributed by atoms with Crippen LogP contribution in [0.1, 0.15) is 44.4 Å². The molecule has 4 saturated carbocycles. The van der Waals surface area contributed by atoms with E-state index < -0.39 is 0 Å². The minimum absolute atomic E-state index is 0.166. The van der Waals surface area contributed by atoms with E-state index in [9.17, 15) is 4.79 Å². The van der Waals surface area contributed by atoms with Gasteiger partial charge in [0.2, 0.25) is 17.6 Å². The van der Waals surface area contributed by atoms with E-state index in [-0.39, 0.29) is 17.9 Å². The standard InChI is InChI=1S/C22H27N3O4/c1-27-17-4-3-16(8-18(17)28-2)20-24-19(29-25-20)12-23-21(26)22-9-13-5-14(10-22)7-15(6-13)11-22/h3-4,8,13-15H,5-7,9-12H2,1-2H3,(H,23,26). The van der Waals surface area contributed by atoms with Gasteiger partial charge in [0.15, 0.2) is 11.5 Å². The predicted molar refractivity (Wildman–Crippen MR) is 105 cm³/mol. The predicted octanol–water partition coefficient (Wildman–Crippen LogP) is 3.59. The smallest absolute Gasteiger partial charge is 0.246 e. The molecule has 7 heteroatoms. The number of hydrogen-bond donors (Lipinski definition) is 1. The van der Waals surface area contributed by atoms with Crippen LogP contribution < -0.4 is 14.8 Å². The molecular formula is C22H27N3O4. The van der Waals surface area contributed by atoms with Crippen molar-refractivity contribution in [3.05, 3.63) is 24.1 Å². The van der Waals surface area contributed by atoms with E-state index in [2.05, 4.69) is 15.5 Å². The lowest BCUT2D eigenvalue weighted by atomic mass is 9.49. The van der Waals surface area contributed by atoms with Crippen LogP contribution in [0.4, 0.5) is 0 Å². The first kappa shape index (κ1) is 18.5. The second-order valence-electron chi connectivity index (χ2n) is 8.96. The minimum Gasteiger partial charge on any atom is -0.493 e. The van der Waals surface area contributed by atoms with Gasteiger partial charge in [-0.2, -0.15) is 4.98 Å². The van der Waals surface area contributed by atoms with Crippen LogP contribution in [0.5, 0.6) is 11.5 Å². The third kappa shape index (κ3) is 3.26. The lowest BCUT2D eigenvalue weighted by Crippen LogP contribution is -2.53. The summed E-state index contributed by atoms with van der Waals surface area (Å²) in [5.41, 5.74) is 0.603. The highest BCUT2D eigenvalue weighted by Crippen LogP contribution is 2.60. The van der Waals surface area contributed by atoms with E-state index in [0.717, 1.165) is 42.6 Å². The summed E-state index contributed by atoms with van der Waals surface area (Å²) in [6, 6.07) is 5.46. The summed E-state index contributed by atoms with van der Waals surface area (Å²) in [4.78, 5) is 17.5. The molecular weight excluding hydrogens is 370 g/mol. The van der Waals surface area contributed by atoms with Crippen LogP contribution in [0.2, 0.25) is 0 Å². The third-order valence-electron chi connectivity index (χ3n) is 7.03. The third-order valence-corrected chi connectivity index (χ3v) is 7.03. The molecule has 29 heavy (non-hydrogen) atoms. The van der Waals surface area contributed by atoms with Gasteiger partial charge in [-0.05, 0) is 74.5 Å². The van der Waals surface area contributed by atoms with Gasteiger partial charge in [0, 0.05) is 11.0 Å². The molecule has 1 heterocycles. The molecule has 1 aromatic heterocycles. The number of nitrogens with one attached hydrogen (secondary N) is 1. The molecule has 0 unspecified atom stereocenters. The van der Waals surface area contributed by atoms with Gasteiger partial charge in [0.25, 0.3) is 0 Å². The van der Waals surface area contributed by atoms with Gasteiger partial charge in [0.05, 0.1) is 20.8 Å². The highest BCUT2D eigenvalue weighted by molar-refractivity contribution is 5.83. The number of methoxy groups -OCH3 is 2. The first-order valence-electron chi connectivity index (χ1n) is 10.4. The number of carbonyl (C=O) groups excluding carboxylic acids is 1. The van der Waals surface area contributed by atoms with E-state index >= 15 is 0 Å². The number of rotatable bonds is 6. The largest absolute Gasteiger partial charge is 0.493 e. The van der Waals surface area contributed by atoms with Crippen molar-refractivity contribution in [2.24, 2.45) is 23.2 Å². The van der Waals surface area contributed by atoms with Gasteiger partial charge in [-0.1, -0.05) is 5.16 Å². The number of hydrogen-bond acceptors (Lipinski definition) is 6. The molecule has 0 saturated heterocycles. The number of ether oxygens (including phenoxy) is 2. The summed E-state index contributed by atoms with van der Waals surface area (Å²) < 4.78 is 16.0. The fourth-order valence-electron chi connectivity index (χ4n) is 6.15. The Morgan fingerprint density at radius 2 is 1.76 bits per heavy atom. The Labute approximate surface area is 170 Å². The second kappa shape index (κ2) is 7.04. The molecule has 154 valence electrons. The number of amides is 1. The van der Waals surface area contributed by atoms with Crippen LogP contribution in [0.15, 0.2) is 22.7 Å². The van der Waals surface area contributed by atoms with E-state index in [4.69, 9.17) is 14.0 Å². The highest BCUT2D eigenvalue weighted by atomic mass is 16.5. The molecule has 7 nitrogen and oxygen atoms in total. The van der Waals surface area contributed by atoms with E-state index in [1.807, 2.05) is 12.1 Å². The van der Waals surface area contributed by atoms with Crippen LogP contribution in [-0.2, 0) is 11.3 Å². The molecule has 2 aromatic rings. The number of aromatic nitrogens is 2. The van der Waals surface area contributed by atoms with Crippen LogP contribution in [0, 0.1) is 23.2 Å². The van der Waals surface area contributed by atoms with Crippen molar-refractivity contribution >= 4 is 5.91 Å². The maximum absolute atomic E-state index is 13.1. The SMILES string of the molecule is COc1ccc(-c2noc(CNC(=O)C34CC5CC(CC(C5)C3)C4)n2)cc1OC. The average Bonchev–Trinajstić information content (AvgIpc) is 3.19. The molecule has 0 spiro atoms.